The Balaban J connectivity index is 1.10. The largest absolute Gasteiger partial charge is 0.370 e. The number of allylic oxidation sites excluding steroid dienone is 2. The van der Waals surface area contributed by atoms with Crippen molar-refractivity contribution in [2.75, 3.05) is 29.4 Å². The van der Waals surface area contributed by atoms with Gasteiger partial charge in [-0.05, 0) is 80.7 Å². The van der Waals surface area contributed by atoms with Crippen molar-refractivity contribution >= 4 is 50.6 Å². The number of benzene rings is 2. The number of nitrogens with one attached hydrogen (secondary N) is 1. The van der Waals surface area contributed by atoms with E-state index in [9.17, 15) is 14.4 Å². The van der Waals surface area contributed by atoms with Gasteiger partial charge >= 0.3 is 0 Å². The highest BCUT2D eigenvalue weighted by Gasteiger charge is 2.41. The molecular formula is C30H30N4O3S. The van der Waals surface area contributed by atoms with E-state index in [0.717, 1.165) is 46.8 Å². The minimum atomic E-state index is -0.317. The van der Waals surface area contributed by atoms with Crippen LogP contribution in [0.1, 0.15) is 51.4 Å². The third-order valence-corrected chi connectivity index (χ3v) is 9.67. The van der Waals surface area contributed by atoms with Crippen LogP contribution in [0.15, 0.2) is 48.6 Å². The fraction of sp³-hybridized carbons (Fsp3) is 0.400. The van der Waals surface area contributed by atoms with Gasteiger partial charge in [-0.25, -0.2) is 9.88 Å². The zero-order valence-electron chi connectivity index (χ0n) is 21.4. The highest BCUT2D eigenvalue weighted by atomic mass is 32.1. The summed E-state index contributed by atoms with van der Waals surface area (Å²) in [6.07, 6.45) is 8.75. The van der Waals surface area contributed by atoms with E-state index in [-0.39, 0.29) is 23.6 Å². The van der Waals surface area contributed by atoms with Crippen LogP contribution in [0.5, 0.6) is 0 Å². The molecule has 194 valence electrons. The minimum absolute atomic E-state index is 0.102. The standard InChI is InChI=1S/C30H30N4O3S/c1-17-32-24-14-22(9-10-26(24)38-17)34-29(36)23-5-2-6-25(27(23)30(34)37)33-11-3-4-20(16-33)28(35)31-15-21-13-18-7-8-19(21)12-18/h2,5-10,14,18-21H,3-4,11-13,15-16H2,1H3,(H,31,35)/t18-,19+,20+,21-/m1/s1. The zero-order valence-corrected chi connectivity index (χ0v) is 22.2. The molecule has 7 rings (SSSR count). The van der Waals surface area contributed by atoms with Gasteiger partial charge in [0.25, 0.3) is 11.8 Å². The fourth-order valence-electron chi connectivity index (χ4n) is 6.85. The summed E-state index contributed by atoms with van der Waals surface area (Å²) in [6, 6.07) is 11.0. The lowest BCUT2D eigenvalue weighted by atomic mass is 9.92. The SMILES string of the molecule is Cc1nc2cc(N3C(=O)c4cccc(N5CCC[C@H](C(=O)NC[C@H]6C[C@@H]7C=C[C@H]6C7)C5)c4C3=O)ccc2s1. The number of piperidine rings is 1. The van der Waals surface area contributed by atoms with E-state index in [1.54, 1.807) is 17.4 Å². The smallest absolute Gasteiger partial charge is 0.268 e. The van der Waals surface area contributed by atoms with Crippen molar-refractivity contribution in [2.45, 2.75) is 32.6 Å². The van der Waals surface area contributed by atoms with E-state index in [4.69, 9.17) is 0 Å². The van der Waals surface area contributed by atoms with Gasteiger partial charge in [-0.2, -0.15) is 0 Å². The van der Waals surface area contributed by atoms with Crippen LogP contribution in [0.4, 0.5) is 11.4 Å². The van der Waals surface area contributed by atoms with Crippen molar-refractivity contribution in [2.24, 2.45) is 23.7 Å². The maximum Gasteiger partial charge on any atom is 0.268 e. The third kappa shape index (κ3) is 3.85. The maximum absolute atomic E-state index is 13.7. The van der Waals surface area contributed by atoms with Gasteiger partial charge in [0.05, 0.1) is 43.6 Å². The van der Waals surface area contributed by atoms with Gasteiger partial charge < -0.3 is 10.2 Å². The number of nitrogens with zero attached hydrogens (tertiary/aromatic N) is 3. The number of rotatable bonds is 5. The van der Waals surface area contributed by atoms with Gasteiger partial charge in [-0.15, -0.1) is 11.3 Å². The number of anilines is 2. The van der Waals surface area contributed by atoms with Crippen LogP contribution in [0, 0.1) is 30.6 Å². The topological polar surface area (TPSA) is 82.6 Å². The molecule has 3 amide bonds. The molecule has 2 aromatic carbocycles. The molecule has 0 spiro atoms. The first-order valence-electron chi connectivity index (χ1n) is 13.6. The Bertz CT molecular complexity index is 1510. The van der Waals surface area contributed by atoms with E-state index in [1.807, 2.05) is 37.3 Å². The number of amides is 3. The number of fused-ring (bicyclic) bond motifs is 4. The average molecular weight is 527 g/mol. The Morgan fingerprint density at radius 2 is 2.03 bits per heavy atom. The van der Waals surface area contributed by atoms with Crippen molar-refractivity contribution in [3.8, 4) is 0 Å². The summed E-state index contributed by atoms with van der Waals surface area (Å²) in [5.41, 5.74) is 2.91. The van der Waals surface area contributed by atoms with Crippen molar-refractivity contribution in [1.29, 1.82) is 0 Å². The van der Waals surface area contributed by atoms with Gasteiger partial charge in [0.15, 0.2) is 0 Å². The molecule has 1 aromatic heterocycles. The summed E-state index contributed by atoms with van der Waals surface area (Å²) in [5.74, 6) is 1.19. The van der Waals surface area contributed by atoms with Gasteiger partial charge in [0.1, 0.15) is 0 Å². The molecule has 2 aliphatic carbocycles. The number of imide groups is 1. The summed E-state index contributed by atoms with van der Waals surface area (Å²) in [4.78, 5) is 48.2. The van der Waals surface area contributed by atoms with E-state index >= 15 is 0 Å². The Morgan fingerprint density at radius 3 is 2.84 bits per heavy atom. The van der Waals surface area contributed by atoms with E-state index in [0.29, 0.717) is 41.1 Å². The monoisotopic (exact) mass is 526 g/mol. The summed E-state index contributed by atoms with van der Waals surface area (Å²) < 4.78 is 1.03. The highest BCUT2D eigenvalue weighted by molar-refractivity contribution is 7.18. The summed E-state index contributed by atoms with van der Waals surface area (Å²) in [5, 5.41) is 4.17. The van der Waals surface area contributed by atoms with Crippen LogP contribution in [0.2, 0.25) is 0 Å². The summed E-state index contributed by atoms with van der Waals surface area (Å²) in [6.45, 7) is 3.99. The molecule has 0 radical (unpaired) electrons. The molecule has 2 fully saturated rings. The van der Waals surface area contributed by atoms with Crippen LogP contribution >= 0.6 is 11.3 Å². The fourth-order valence-corrected chi connectivity index (χ4v) is 7.66. The Labute approximate surface area is 225 Å². The summed E-state index contributed by atoms with van der Waals surface area (Å²) in [7, 11) is 0. The Kier molecular flexibility index (Phi) is 5.62. The predicted octanol–water partition coefficient (Wildman–Crippen LogP) is 4.95. The van der Waals surface area contributed by atoms with Crippen LogP contribution in [0.25, 0.3) is 10.2 Å². The molecule has 4 atom stereocenters. The quantitative estimate of drug-likeness (QED) is 0.376. The van der Waals surface area contributed by atoms with Crippen molar-refractivity contribution < 1.29 is 14.4 Å². The third-order valence-electron chi connectivity index (χ3n) is 8.72. The molecule has 2 aliphatic heterocycles. The molecule has 0 unspecified atom stereocenters. The second-order valence-electron chi connectivity index (χ2n) is 11.1. The number of hydrogen-bond acceptors (Lipinski definition) is 6. The number of aromatic nitrogens is 1. The number of aryl methyl sites for hydroxylation is 1. The second-order valence-corrected chi connectivity index (χ2v) is 12.3. The lowest BCUT2D eigenvalue weighted by molar-refractivity contribution is -0.125. The van der Waals surface area contributed by atoms with E-state index in [1.165, 1.54) is 17.7 Å². The first kappa shape index (κ1) is 23.6. The average Bonchev–Trinajstić information content (AvgIpc) is 3.70. The van der Waals surface area contributed by atoms with Gasteiger partial charge in [0, 0.05) is 19.6 Å². The normalized spacial score (nSPS) is 26.0. The maximum atomic E-state index is 13.7. The molecule has 3 heterocycles. The number of hydrogen-bond donors (Lipinski definition) is 1. The summed E-state index contributed by atoms with van der Waals surface area (Å²) >= 11 is 1.59. The minimum Gasteiger partial charge on any atom is -0.370 e. The molecule has 1 saturated heterocycles. The molecule has 7 nitrogen and oxygen atoms in total. The first-order valence-corrected chi connectivity index (χ1v) is 14.4. The molecule has 1 N–H and O–H groups in total. The molecule has 2 bridgehead atoms. The van der Waals surface area contributed by atoms with Crippen molar-refractivity contribution in [3.63, 3.8) is 0 Å². The highest BCUT2D eigenvalue weighted by Crippen LogP contribution is 2.43. The van der Waals surface area contributed by atoms with Crippen LogP contribution in [0.3, 0.4) is 0 Å². The van der Waals surface area contributed by atoms with Crippen LogP contribution in [-0.4, -0.2) is 42.3 Å². The Morgan fingerprint density at radius 1 is 1.13 bits per heavy atom. The molecule has 3 aromatic rings. The molecule has 38 heavy (non-hydrogen) atoms. The first-order chi connectivity index (χ1) is 18.5. The molecule has 8 heteroatoms. The van der Waals surface area contributed by atoms with Crippen LogP contribution < -0.4 is 15.1 Å². The number of carbonyl (C=O) groups excluding carboxylic acids is 3. The van der Waals surface area contributed by atoms with E-state index < -0.39 is 0 Å². The number of carbonyl (C=O) groups is 3. The number of thiazole rings is 1. The van der Waals surface area contributed by atoms with Gasteiger partial charge in [-0.3, -0.25) is 14.4 Å². The van der Waals surface area contributed by atoms with Gasteiger partial charge in [0.2, 0.25) is 5.91 Å². The van der Waals surface area contributed by atoms with Crippen molar-refractivity contribution in [1.82, 2.24) is 10.3 Å². The molecule has 1 saturated carbocycles. The van der Waals surface area contributed by atoms with Crippen molar-refractivity contribution in [3.05, 3.63) is 64.7 Å². The van der Waals surface area contributed by atoms with Gasteiger partial charge in [-0.1, -0.05) is 18.2 Å². The van der Waals surface area contributed by atoms with Crippen LogP contribution in [-0.2, 0) is 4.79 Å². The second kappa shape index (κ2) is 9.05. The molecule has 4 aliphatic rings. The molecular weight excluding hydrogens is 496 g/mol. The lowest BCUT2D eigenvalue weighted by Gasteiger charge is -2.35. The Hall–Kier alpha value is -3.52. The predicted molar refractivity (Wildman–Crippen MR) is 149 cm³/mol. The zero-order chi connectivity index (χ0) is 26.0. The van der Waals surface area contributed by atoms with E-state index in [2.05, 4.69) is 27.4 Å². The lowest BCUT2D eigenvalue weighted by Crippen LogP contribution is -2.44.